The van der Waals surface area contributed by atoms with Crippen LogP contribution in [0.1, 0.15) is 29.7 Å². The molecule has 2 rings (SSSR count). The topological polar surface area (TPSA) is 15.3 Å². The van der Waals surface area contributed by atoms with E-state index in [1.54, 1.807) is 0 Å². The number of nitrogens with one attached hydrogen (secondary N) is 1. The molecule has 2 aromatic carbocycles. The van der Waals surface area contributed by atoms with Crippen molar-refractivity contribution in [2.75, 3.05) is 25.0 Å². The monoisotopic (exact) mass is 282 g/mol. The maximum Gasteiger partial charge on any atom is 0.0498 e. The molecule has 0 amide bonds. The number of nitrogens with zero attached hydrogens (tertiary/aromatic N) is 1. The lowest BCUT2D eigenvalue weighted by molar-refractivity contribution is 0.550. The molecule has 2 nitrogen and oxygen atoms in total. The second-order valence-corrected chi connectivity index (χ2v) is 5.75. The molecule has 0 fully saturated rings. The van der Waals surface area contributed by atoms with Gasteiger partial charge in [-0.3, -0.25) is 0 Å². The van der Waals surface area contributed by atoms with E-state index in [9.17, 15) is 0 Å². The van der Waals surface area contributed by atoms with Crippen molar-refractivity contribution in [1.29, 1.82) is 0 Å². The zero-order valence-corrected chi connectivity index (χ0v) is 13.6. The lowest BCUT2D eigenvalue weighted by Gasteiger charge is -2.27. The van der Waals surface area contributed by atoms with Crippen molar-refractivity contribution in [3.63, 3.8) is 0 Å². The Balaban J connectivity index is 2.16. The summed E-state index contributed by atoms with van der Waals surface area (Å²) in [6.07, 6.45) is 0. The molecule has 0 bridgehead atoms. The van der Waals surface area contributed by atoms with Gasteiger partial charge < -0.3 is 10.2 Å². The molecule has 0 aliphatic heterocycles. The minimum atomic E-state index is 0.349. The van der Waals surface area contributed by atoms with Crippen LogP contribution in [0, 0.1) is 13.8 Å². The molecular weight excluding hydrogens is 256 g/mol. The molecule has 0 aliphatic carbocycles. The van der Waals surface area contributed by atoms with Crippen LogP contribution in [0.3, 0.4) is 0 Å². The van der Waals surface area contributed by atoms with E-state index in [2.05, 4.69) is 86.6 Å². The van der Waals surface area contributed by atoms with Gasteiger partial charge in [0.1, 0.15) is 0 Å². The van der Waals surface area contributed by atoms with Crippen LogP contribution in [0.4, 0.5) is 5.69 Å². The SMILES string of the molecule is CCNC(CN(C)c1cc(C)cc(C)c1)c1ccccc1. The Morgan fingerprint density at radius 1 is 1.00 bits per heavy atom. The minimum Gasteiger partial charge on any atom is -0.373 e. The Kier molecular flexibility index (Phi) is 5.40. The molecular formula is C19H26N2. The largest absolute Gasteiger partial charge is 0.373 e. The highest BCUT2D eigenvalue weighted by Gasteiger charge is 2.13. The molecule has 21 heavy (non-hydrogen) atoms. The normalized spacial score (nSPS) is 12.2. The number of benzene rings is 2. The highest BCUT2D eigenvalue weighted by molar-refractivity contribution is 5.50. The second-order valence-electron chi connectivity index (χ2n) is 5.75. The van der Waals surface area contributed by atoms with E-state index in [0.29, 0.717) is 6.04 Å². The van der Waals surface area contributed by atoms with Gasteiger partial charge in [-0.1, -0.05) is 43.3 Å². The molecule has 0 radical (unpaired) electrons. The van der Waals surface area contributed by atoms with Gasteiger partial charge in [0.05, 0.1) is 0 Å². The van der Waals surface area contributed by atoms with E-state index in [1.807, 2.05) is 0 Å². The average molecular weight is 282 g/mol. The summed E-state index contributed by atoms with van der Waals surface area (Å²) < 4.78 is 0. The van der Waals surface area contributed by atoms with Crippen molar-refractivity contribution in [2.24, 2.45) is 0 Å². The summed E-state index contributed by atoms with van der Waals surface area (Å²) in [5.74, 6) is 0. The van der Waals surface area contributed by atoms with Crippen molar-refractivity contribution in [3.05, 3.63) is 65.2 Å². The Bertz CT molecular complexity index is 543. The molecule has 2 heteroatoms. The zero-order chi connectivity index (χ0) is 15.2. The zero-order valence-electron chi connectivity index (χ0n) is 13.6. The number of likely N-dealkylation sites (N-methyl/N-ethyl adjacent to an activating group) is 2. The summed E-state index contributed by atoms with van der Waals surface area (Å²) >= 11 is 0. The fraction of sp³-hybridized carbons (Fsp3) is 0.368. The van der Waals surface area contributed by atoms with Gasteiger partial charge in [-0.15, -0.1) is 0 Å². The van der Waals surface area contributed by atoms with Crippen molar-refractivity contribution in [3.8, 4) is 0 Å². The molecule has 0 spiro atoms. The van der Waals surface area contributed by atoms with Crippen LogP contribution in [0.2, 0.25) is 0 Å². The lowest BCUT2D eigenvalue weighted by Crippen LogP contribution is -2.33. The van der Waals surface area contributed by atoms with Gasteiger partial charge in [0.25, 0.3) is 0 Å². The number of hydrogen-bond acceptors (Lipinski definition) is 2. The van der Waals surface area contributed by atoms with E-state index < -0.39 is 0 Å². The predicted molar refractivity (Wildman–Crippen MR) is 92.0 cm³/mol. The predicted octanol–water partition coefficient (Wildman–Crippen LogP) is 4.09. The number of rotatable bonds is 6. The van der Waals surface area contributed by atoms with Gasteiger partial charge >= 0.3 is 0 Å². The van der Waals surface area contributed by atoms with Crippen LogP contribution in [-0.4, -0.2) is 20.1 Å². The Hall–Kier alpha value is -1.80. The van der Waals surface area contributed by atoms with Crippen LogP contribution >= 0.6 is 0 Å². The van der Waals surface area contributed by atoms with E-state index in [1.165, 1.54) is 22.4 Å². The summed E-state index contributed by atoms with van der Waals surface area (Å²) in [6.45, 7) is 8.40. The second kappa shape index (κ2) is 7.28. The molecule has 0 saturated carbocycles. The van der Waals surface area contributed by atoms with Gasteiger partial charge in [-0.2, -0.15) is 0 Å². The van der Waals surface area contributed by atoms with Gasteiger partial charge in [-0.25, -0.2) is 0 Å². The van der Waals surface area contributed by atoms with E-state index in [-0.39, 0.29) is 0 Å². The van der Waals surface area contributed by atoms with Crippen LogP contribution < -0.4 is 10.2 Å². The quantitative estimate of drug-likeness (QED) is 0.858. The molecule has 1 N–H and O–H groups in total. The van der Waals surface area contributed by atoms with Gasteiger partial charge in [0, 0.05) is 25.3 Å². The fourth-order valence-electron chi connectivity index (χ4n) is 2.77. The van der Waals surface area contributed by atoms with E-state index in [4.69, 9.17) is 0 Å². The molecule has 0 aromatic heterocycles. The lowest BCUT2D eigenvalue weighted by atomic mass is 10.1. The Labute approximate surface area is 128 Å². The first-order chi connectivity index (χ1) is 10.1. The smallest absolute Gasteiger partial charge is 0.0498 e. The van der Waals surface area contributed by atoms with Crippen LogP contribution in [-0.2, 0) is 0 Å². The minimum absolute atomic E-state index is 0.349. The van der Waals surface area contributed by atoms with Crippen molar-refractivity contribution in [2.45, 2.75) is 26.8 Å². The average Bonchev–Trinajstić information content (AvgIpc) is 2.46. The summed E-state index contributed by atoms with van der Waals surface area (Å²) in [5, 5.41) is 3.59. The Morgan fingerprint density at radius 3 is 2.19 bits per heavy atom. The van der Waals surface area contributed by atoms with Gasteiger partial charge in [0.15, 0.2) is 0 Å². The third-order valence-electron chi connectivity index (χ3n) is 3.76. The third-order valence-corrected chi connectivity index (χ3v) is 3.76. The van der Waals surface area contributed by atoms with Crippen LogP contribution in [0.5, 0.6) is 0 Å². The van der Waals surface area contributed by atoms with Crippen molar-refractivity contribution >= 4 is 5.69 Å². The maximum atomic E-state index is 3.59. The number of anilines is 1. The van der Waals surface area contributed by atoms with Gasteiger partial charge in [0.2, 0.25) is 0 Å². The number of hydrogen-bond donors (Lipinski definition) is 1. The maximum absolute atomic E-state index is 3.59. The molecule has 0 aliphatic rings. The van der Waals surface area contributed by atoms with Crippen molar-refractivity contribution in [1.82, 2.24) is 5.32 Å². The highest BCUT2D eigenvalue weighted by atomic mass is 15.1. The fourth-order valence-corrected chi connectivity index (χ4v) is 2.77. The van der Waals surface area contributed by atoms with Crippen molar-refractivity contribution < 1.29 is 0 Å². The molecule has 2 aromatic rings. The first kappa shape index (κ1) is 15.6. The standard InChI is InChI=1S/C19H26N2/c1-5-20-19(17-9-7-6-8-10-17)14-21(4)18-12-15(2)11-16(3)13-18/h6-13,19-20H,5,14H2,1-4H3. The van der Waals surface area contributed by atoms with Crippen LogP contribution in [0.15, 0.2) is 48.5 Å². The van der Waals surface area contributed by atoms with Crippen LogP contribution in [0.25, 0.3) is 0 Å². The third kappa shape index (κ3) is 4.33. The molecule has 0 heterocycles. The molecule has 1 unspecified atom stereocenters. The van der Waals surface area contributed by atoms with Gasteiger partial charge in [-0.05, 0) is 49.2 Å². The summed E-state index contributed by atoms with van der Waals surface area (Å²) in [4.78, 5) is 2.33. The highest BCUT2D eigenvalue weighted by Crippen LogP contribution is 2.21. The summed E-state index contributed by atoms with van der Waals surface area (Å²) in [7, 11) is 2.17. The summed E-state index contributed by atoms with van der Waals surface area (Å²) in [5.41, 5.74) is 5.26. The first-order valence-electron chi connectivity index (χ1n) is 7.68. The summed E-state index contributed by atoms with van der Waals surface area (Å²) in [6, 6.07) is 17.7. The first-order valence-corrected chi connectivity index (χ1v) is 7.68. The molecule has 0 saturated heterocycles. The molecule has 1 atom stereocenters. The number of aryl methyl sites for hydroxylation is 2. The van der Waals surface area contributed by atoms with E-state index in [0.717, 1.165) is 13.1 Å². The Morgan fingerprint density at radius 2 is 1.62 bits per heavy atom. The van der Waals surface area contributed by atoms with E-state index >= 15 is 0 Å². The molecule has 112 valence electrons.